The zero-order chi connectivity index (χ0) is 16.9. The Morgan fingerprint density at radius 2 is 2.04 bits per heavy atom. The first-order valence-corrected chi connectivity index (χ1v) is 9.05. The van der Waals surface area contributed by atoms with Crippen LogP contribution in [0.4, 0.5) is 0 Å². The molecule has 0 heterocycles. The van der Waals surface area contributed by atoms with Crippen molar-refractivity contribution in [2.45, 2.75) is 43.3 Å². The van der Waals surface area contributed by atoms with E-state index < -0.39 is 10.0 Å². The normalized spacial score (nSPS) is 17.0. The fraction of sp³-hybridized carbons (Fsp3) is 0.533. The summed E-state index contributed by atoms with van der Waals surface area (Å²) in [4.78, 5) is 4.50. The Morgan fingerprint density at radius 1 is 1.39 bits per heavy atom. The van der Waals surface area contributed by atoms with Crippen LogP contribution in [0.2, 0.25) is 0 Å². The number of nitrogens with one attached hydrogen (secondary N) is 2. The van der Waals surface area contributed by atoms with Crippen molar-refractivity contribution in [3.63, 3.8) is 0 Å². The van der Waals surface area contributed by atoms with Crippen molar-refractivity contribution in [3.8, 4) is 0 Å². The van der Waals surface area contributed by atoms with Crippen LogP contribution in [0.3, 0.4) is 0 Å². The van der Waals surface area contributed by atoms with Crippen LogP contribution >= 0.6 is 0 Å². The van der Waals surface area contributed by atoms with E-state index in [2.05, 4.69) is 15.0 Å². The van der Waals surface area contributed by atoms with E-state index in [9.17, 15) is 8.42 Å². The van der Waals surface area contributed by atoms with E-state index in [1.807, 2.05) is 6.92 Å². The fourth-order valence-corrected chi connectivity index (χ4v) is 3.33. The van der Waals surface area contributed by atoms with Gasteiger partial charge in [0, 0.05) is 19.2 Å². The summed E-state index contributed by atoms with van der Waals surface area (Å²) >= 11 is 0. The van der Waals surface area contributed by atoms with E-state index in [1.54, 1.807) is 31.4 Å². The minimum Gasteiger partial charge on any atom is -0.383 e. The molecule has 2 rings (SSSR count). The highest BCUT2D eigenvalue weighted by molar-refractivity contribution is 7.89. The zero-order valence-corrected chi connectivity index (χ0v) is 14.3. The van der Waals surface area contributed by atoms with Crippen molar-refractivity contribution in [3.05, 3.63) is 29.8 Å². The second-order valence-electron chi connectivity index (χ2n) is 5.74. The predicted molar refractivity (Wildman–Crippen MR) is 89.6 cm³/mol. The molecule has 1 fully saturated rings. The summed E-state index contributed by atoms with van der Waals surface area (Å²) < 4.78 is 31.8. The number of ether oxygens (including phenoxy) is 1. The van der Waals surface area contributed by atoms with Crippen LogP contribution in [0, 0.1) is 0 Å². The van der Waals surface area contributed by atoms with Crippen molar-refractivity contribution in [2.75, 3.05) is 13.7 Å². The highest BCUT2D eigenvalue weighted by Crippen LogP contribution is 2.22. The third-order valence-electron chi connectivity index (χ3n) is 3.38. The zero-order valence-electron chi connectivity index (χ0n) is 13.5. The third-order valence-corrected chi connectivity index (χ3v) is 4.91. The number of guanidine groups is 1. The van der Waals surface area contributed by atoms with Gasteiger partial charge in [0.1, 0.15) is 0 Å². The minimum atomic E-state index is -3.40. The molecule has 0 amide bonds. The number of aliphatic imine (C=N–C) groups is 1. The Kier molecular flexibility index (Phi) is 5.97. The molecule has 4 N–H and O–H groups in total. The highest BCUT2D eigenvalue weighted by atomic mass is 32.2. The van der Waals surface area contributed by atoms with Crippen LogP contribution in [0.1, 0.15) is 25.3 Å². The molecule has 1 aromatic carbocycles. The summed E-state index contributed by atoms with van der Waals surface area (Å²) in [6, 6.07) is 6.85. The van der Waals surface area contributed by atoms with E-state index in [-0.39, 0.29) is 17.0 Å². The molecule has 0 aromatic heterocycles. The summed E-state index contributed by atoms with van der Waals surface area (Å²) in [5.74, 6) is 0.335. The van der Waals surface area contributed by atoms with Gasteiger partial charge in [0.05, 0.1) is 18.0 Å². The van der Waals surface area contributed by atoms with Crippen LogP contribution in [0.15, 0.2) is 34.2 Å². The van der Waals surface area contributed by atoms with E-state index >= 15 is 0 Å². The largest absolute Gasteiger partial charge is 0.383 e. The number of methoxy groups -OCH3 is 1. The number of nitrogens with two attached hydrogens (primary N) is 1. The second-order valence-corrected chi connectivity index (χ2v) is 7.46. The van der Waals surface area contributed by atoms with Crippen molar-refractivity contribution >= 4 is 16.0 Å². The standard InChI is InChI=1S/C15H24N4O3S/c1-11(10-22-2)18-15(16)17-9-12-3-7-14(8-4-12)23(20,21)19-13-5-6-13/h3-4,7-8,11,13,19H,5-6,9-10H2,1-2H3,(H3,16,17,18). The first-order chi connectivity index (χ1) is 10.9. The molecule has 7 nitrogen and oxygen atoms in total. The number of hydrogen-bond donors (Lipinski definition) is 3. The fourth-order valence-electron chi connectivity index (χ4n) is 2.03. The summed E-state index contributed by atoms with van der Waals surface area (Å²) in [5, 5.41) is 3.01. The minimum absolute atomic E-state index is 0.0739. The number of sulfonamides is 1. The quantitative estimate of drug-likeness (QED) is 0.474. The first kappa shape index (κ1) is 17.7. The molecule has 1 unspecified atom stereocenters. The smallest absolute Gasteiger partial charge is 0.240 e. The lowest BCUT2D eigenvalue weighted by molar-refractivity contribution is 0.179. The lowest BCUT2D eigenvalue weighted by Gasteiger charge is -2.13. The molecule has 0 aliphatic heterocycles. The Hall–Kier alpha value is -1.64. The lowest BCUT2D eigenvalue weighted by Crippen LogP contribution is -2.40. The van der Waals surface area contributed by atoms with Crippen molar-refractivity contribution in [1.29, 1.82) is 0 Å². The van der Waals surface area contributed by atoms with Gasteiger partial charge in [-0.2, -0.15) is 0 Å². The molecule has 1 aromatic rings. The van der Waals surface area contributed by atoms with E-state index in [0.717, 1.165) is 18.4 Å². The maximum atomic E-state index is 12.1. The van der Waals surface area contributed by atoms with E-state index in [4.69, 9.17) is 10.5 Å². The monoisotopic (exact) mass is 340 g/mol. The molecule has 0 spiro atoms. The van der Waals surface area contributed by atoms with Gasteiger partial charge in [0.2, 0.25) is 10.0 Å². The molecule has 8 heteroatoms. The van der Waals surface area contributed by atoms with Crippen LogP contribution < -0.4 is 15.8 Å². The number of rotatable bonds is 8. The molecule has 23 heavy (non-hydrogen) atoms. The third kappa shape index (κ3) is 5.81. The van der Waals surface area contributed by atoms with Crippen LogP contribution in [-0.4, -0.2) is 40.2 Å². The van der Waals surface area contributed by atoms with Crippen molar-refractivity contribution in [1.82, 2.24) is 10.0 Å². The molecule has 1 aliphatic rings. The Labute approximate surface area is 137 Å². The van der Waals surface area contributed by atoms with Gasteiger partial charge < -0.3 is 15.8 Å². The van der Waals surface area contributed by atoms with Gasteiger partial charge in [-0.3, -0.25) is 0 Å². The molecular formula is C15H24N4O3S. The Balaban J connectivity index is 1.91. The van der Waals surface area contributed by atoms with Gasteiger partial charge in [-0.1, -0.05) is 12.1 Å². The topological polar surface area (TPSA) is 106 Å². The molecule has 1 aliphatic carbocycles. The number of benzene rings is 1. The first-order valence-electron chi connectivity index (χ1n) is 7.57. The van der Waals surface area contributed by atoms with Crippen molar-refractivity contribution in [2.24, 2.45) is 10.7 Å². The van der Waals surface area contributed by atoms with Crippen molar-refractivity contribution < 1.29 is 13.2 Å². The maximum absolute atomic E-state index is 12.1. The maximum Gasteiger partial charge on any atom is 0.240 e. The van der Waals surface area contributed by atoms with Gasteiger partial charge in [-0.05, 0) is 37.5 Å². The summed E-state index contributed by atoms with van der Waals surface area (Å²) in [6.07, 6.45) is 1.83. The number of nitrogens with zero attached hydrogens (tertiary/aromatic N) is 1. The Bertz CT molecular complexity index is 639. The SMILES string of the molecule is COCC(C)NC(N)=NCc1ccc(S(=O)(=O)NC2CC2)cc1. The average Bonchev–Trinajstić information content (AvgIpc) is 3.29. The average molecular weight is 340 g/mol. The molecular weight excluding hydrogens is 316 g/mol. The molecule has 1 saturated carbocycles. The van der Waals surface area contributed by atoms with Gasteiger partial charge >= 0.3 is 0 Å². The highest BCUT2D eigenvalue weighted by Gasteiger charge is 2.27. The molecule has 128 valence electrons. The van der Waals surface area contributed by atoms with E-state index in [0.29, 0.717) is 19.1 Å². The van der Waals surface area contributed by atoms with Gasteiger partial charge in [-0.25, -0.2) is 18.1 Å². The van der Waals surface area contributed by atoms with Gasteiger partial charge in [0.15, 0.2) is 5.96 Å². The lowest BCUT2D eigenvalue weighted by atomic mass is 10.2. The second kappa shape index (κ2) is 7.76. The van der Waals surface area contributed by atoms with Gasteiger partial charge in [0.25, 0.3) is 0 Å². The predicted octanol–water partition coefficient (Wildman–Crippen LogP) is 0.567. The summed E-state index contributed by atoms with van der Waals surface area (Å²) in [7, 11) is -1.78. The molecule has 0 bridgehead atoms. The van der Waals surface area contributed by atoms with Crippen LogP contribution in [0.5, 0.6) is 0 Å². The number of hydrogen-bond acceptors (Lipinski definition) is 4. The summed E-state index contributed by atoms with van der Waals surface area (Å²) in [6.45, 7) is 2.87. The summed E-state index contributed by atoms with van der Waals surface area (Å²) in [5.41, 5.74) is 6.68. The van der Waals surface area contributed by atoms with Gasteiger partial charge in [-0.15, -0.1) is 0 Å². The Morgan fingerprint density at radius 3 is 2.61 bits per heavy atom. The molecule has 1 atom stereocenters. The van der Waals surface area contributed by atoms with E-state index in [1.165, 1.54) is 0 Å². The molecule has 0 saturated heterocycles. The van der Waals surface area contributed by atoms with Crippen LogP contribution in [0.25, 0.3) is 0 Å². The van der Waals surface area contributed by atoms with Crippen LogP contribution in [-0.2, 0) is 21.3 Å². The molecule has 0 radical (unpaired) electrons.